The molecule has 2 aromatic carbocycles. The number of fused-ring (bicyclic) bond motifs is 1. The Bertz CT molecular complexity index is 956. The Kier molecular flexibility index (Phi) is 5.08. The molecule has 3 heterocycles. The minimum Gasteiger partial charge on any atom is -0.381 e. The van der Waals surface area contributed by atoms with Crippen molar-refractivity contribution in [3.63, 3.8) is 0 Å². The van der Waals surface area contributed by atoms with Gasteiger partial charge >= 0.3 is 0 Å². The fraction of sp³-hybridized carbons (Fsp3) is 0.375. The number of nitrogens with one attached hydrogen (secondary N) is 2. The van der Waals surface area contributed by atoms with Crippen LogP contribution < -0.4 is 5.32 Å². The predicted molar refractivity (Wildman–Crippen MR) is 116 cm³/mol. The van der Waals surface area contributed by atoms with E-state index >= 15 is 0 Å². The maximum Gasteiger partial charge on any atom is 0.241 e. The van der Waals surface area contributed by atoms with E-state index in [1.165, 1.54) is 5.39 Å². The molecule has 0 spiro atoms. The van der Waals surface area contributed by atoms with Gasteiger partial charge in [0.1, 0.15) is 0 Å². The maximum absolute atomic E-state index is 12.9. The Hall–Kier alpha value is -2.63. The lowest BCUT2D eigenvalue weighted by Gasteiger charge is -2.34. The molecule has 2 saturated heterocycles. The van der Waals surface area contributed by atoms with Gasteiger partial charge in [0.15, 0.2) is 0 Å². The van der Waals surface area contributed by atoms with Gasteiger partial charge in [0, 0.05) is 41.5 Å². The number of hydrogen-bond donors (Lipinski definition) is 2. The van der Waals surface area contributed by atoms with Gasteiger partial charge in [-0.15, -0.1) is 0 Å². The Balaban J connectivity index is 1.27. The normalized spacial score (nSPS) is 20.9. The van der Waals surface area contributed by atoms with Crippen molar-refractivity contribution in [3.8, 4) is 11.3 Å². The second-order valence-electron chi connectivity index (χ2n) is 8.08. The molecule has 2 N–H and O–H groups in total. The summed E-state index contributed by atoms with van der Waals surface area (Å²) >= 11 is 0. The lowest BCUT2D eigenvalue weighted by Crippen LogP contribution is -2.47. The van der Waals surface area contributed by atoms with Crippen LogP contribution in [0.1, 0.15) is 25.7 Å². The molecule has 5 nitrogen and oxygen atoms in total. The number of amides is 1. The molecule has 0 bridgehead atoms. The zero-order chi connectivity index (χ0) is 19.6. The van der Waals surface area contributed by atoms with Gasteiger partial charge in [-0.3, -0.25) is 9.69 Å². The number of likely N-dealkylation sites (tertiary alicyclic amines) is 1. The van der Waals surface area contributed by atoms with E-state index in [9.17, 15) is 4.79 Å². The van der Waals surface area contributed by atoms with E-state index in [4.69, 9.17) is 4.74 Å². The molecule has 150 valence electrons. The summed E-state index contributed by atoms with van der Waals surface area (Å²) < 4.78 is 5.49. The molecule has 0 aliphatic carbocycles. The van der Waals surface area contributed by atoms with Crippen LogP contribution in [-0.4, -0.2) is 47.6 Å². The van der Waals surface area contributed by atoms with E-state index in [0.717, 1.165) is 67.9 Å². The first kappa shape index (κ1) is 18.4. The highest BCUT2D eigenvalue weighted by Gasteiger charge is 2.35. The van der Waals surface area contributed by atoms with E-state index < -0.39 is 0 Å². The summed E-state index contributed by atoms with van der Waals surface area (Å²) in [4.78, 5) is 18.8. The number of hydrogen-bond acceptors (Lipinski definition) is 3. The fourth-order valence-electron chi connectivity index (χ4n) is 4.71. The summed E-state index contributed by atoms with van der Waals surface area (Å²) in [7, 11) is 0. The molecule has 1 aromatic heterocycles. The quantitative estimate of drug-likeness (QED) is 0.695. The summed E-state index contributed by atoms with van der Waals surface area (Å²) in [6.07, 6.45) is 4.09. The van der Waals surface area contributed by atoms with E-state index in [-0.39, 0.29) is 11.9 Å². The molecule has 1 amide bonds. The first-order valence-electron chi connectivity index (χ1n) is 10.6. The SMILES string of the molecule is O=C(Nc1ccc(-c2cc3ccccc3[nH]2)cc1)[C@H]1CCCN1C1CCOCC1. The number of rotatable bonds is 4. The van der Waals surface area contributed by atoms with Gasteiger partial charge in [-0.2, -0.15) is 0 Å². The Morgan fingerprint density at radius 2 is 1.83 bits per heavy atom. The molecule has 0 unspecified atom stereocenters. The minimum atomic E-state index is -0.0218. The van der Waals surface area contributed by atoms with Crippen LogP contribution in [-0.2, 0) is 9.53 Å². The number of benzene rings is 2. The topological polar surface area (TPSA) is 57.4 Å². The van der Waals surface area contributed by atoms with Gasteiger partial charge in [-0.05, 0) is 62.1 Å². The number of aromatic nitrogens is 1. The van der Waals surface area contributed by atoms with Gasteiger partial charge < -0.3 is 15.0 Å². The summed E-state index contributed by atoms with van der Waals surface area (Å²) in [5.41, 5.74) is 4.19. The van der Waals surface area contributed by atoms with E-state index in [1.54, 1.807) is 0 Å². The second kappa shape index (κ2) is 8.01. The predicted octanol–water partition coefficient (Wildman–Crippen LogP) is 4.42. The van der Waals surface area contributed by atoms with Crippen molar-refractivity contribution in [2.75, 3.05) is 25.1 Å². The van der Waals surface area contributed by atoms with Crippen molar-refractivity contribution in [2.24, 2.45) is 0 Å². The average Bonchev–Trinajstić information content (AvgIpc) is 3.42. The highest BCUT2D eigenvalue weighted by molar-refractivity contribution is 5.95. The van der Waals surface area contributed by atoms with Crippen molar-refractivity contribution in [3.05, 3.63) is 54.6 Å². The number of anilines is 1. The summed E-state index contributed by atoms with van der Waals surface area (Å²) in [6, 6.07) is 19.0. The molecular weight excluding hydrogens is 362 g/mol. The third-order valence-corrected chi connectivity index (χ3v) is 6.25. The van der Waals surface area contributed by atoms with Crippen LogP contribution in [0.4, 0.5) is 5.69 Å². The Morgan fingerprint density at radius 3 is 2.62 bits per heavy atom. The molecule has 2 fully saturated rings. The monoisotopic (exact) mass is 389 g/mol. The highest BCUT2D eigenvalue weighted by atomic mass is 16.5. The van der Waals surface area contributed by atoms with Crippen LogP contribution in [0.25, 0.3) is 22.2 Å². The summed E-state index contributed by atoms with van der Waals surface area (Å²) in [6.45, 7) is 2.64. The first-order chi connectivity index (χ1) is 14.3. The number of para-hydroxylation sites is 1. The fourth-order valence-corrected chi connectivity index (χ4v) is 4.71. The largest absolute Gasteiger partial charge is 0.381 e. The van der Waals surface area contributed by atoms with Crippen molar-refractivity contribution in [2.45, 2.75) is 37.8 Å². The number of ether oxygens (including phenoxy) is 1. The second-order valence-corrected chi connectivity index (χ2v) is 8.08. The molecule has 2 aliphatic heterocycles. The maximum atomic E-state index is 12.9. The van der Waals surface area contributed by atoms with E-state index in [0.29, 0.717) is 6.04 Å². The van der Waals surface area contributed by atoms with Gasteiger partial charge in [-0.25, -0.2) is 0 Å². The minimum absolute atomic E-state index is 0.0218. The standard InChI is InChI=1S/C24H27N3O2/c28-24(23-6-3-13-27(23)20-11-14-29-15-12-20)25-19-9-7-17(8-10-19)22-16-18-4-1-2-5-21(18)26-22/h1-2,4-5,7-10,16,20,23,26H,3,6,11-15H2,(H,25,28)/t23-/m1/s1. The zero-order valence-electron chi connectivity index (χ0n) is 16.6. The van der Waals surface area contributed by atoms with Crippen molar-refractivity contribution >= 4 is 22.5 Å². The number of nitrogens with zero attached hydrogens (tertiary/aromatic N) is 1. The third-order valence-electron chi connectivity index (χ3n) is 6.25. The number of carbonyl (C=O) groups is 1. The molecule has 2 aliphatic rings. The van der Waals surface area contributed by atoms with Crippen LogP contribution in [0, 0.1) is 0 Å². The lowest BCUT2D eigenvalue weighted by molar-refractivity contribution is -0.121. The molecule has 0 radical (unpaired) electrons. The van der Waals surface area contributed by atoms with Crippen molar-refractivity contribution in [1.29, 1.82) is 0 Å². The summed E-state index contributed by atoms with van der Waals surface area (Å²) in [5, 5.41) is 4.34. The van der Waals surface area contributed by atoms with E-state index in [2.05, 4.69) is 45.5 Å². The zero-order valence-corrected chi connectivity index (χ0v) is 16.6. The van der Waals surface area contributed by atoms with Crippen LogP contribution in [0.5, 0.6) is 0 Å². The molecule has 1 atom stereocenters. The van der Waals surface area contributed by atoms with Gasteiger partial charge in [0.2, 0.25) is 5.91 Å². The van der Waals surface area contributed by atoms with Gasteiger partial charge in [0.25, 0.3) is 0 Å². The van der Waals surface area contributed by atoms with Crippen LogP contribution in [0.2, 0.25) is 0 Å². The third kappa shape index (κ3) is 3.80. The van der Waals surface area contributed by atoms with Crippen molar-refractivity contribution in [1.82, 2.24) is 9.88 Å². The summed E-state index contributed by atoms with van der Waals surface area (Å²) in [5.74, 6) is 0.118. The molecule has 0 saturated carbocycles. The molecule has 29 heavy (non-hydrogen) atoms. The molecular formula is C24H27N3O2. The molecule has 5 heteroatoms. The average molecular weight is 389 g/mol. The number of H-pyrrole nitrogens is 1. The molecule has 5 rings (SSSR count). The Labute approximate surface area is 171 Å². The molecule has 3 aromatic rings. The van der Waals surface area contributed by atoms with E-state index in [1.807, 2.05) is 24.3 Å². The van der Waals surface area contributed by atoms with Crippen molar-refractivity contribution < 1.29 is 9.53 Å². The van der Waals surface area contributed by atoms with Gasteiger partial charge in [-0.1, -0.05) is 30.3 Å². The lowest BCUT2D eigenvalue weighted by atomic mass is 10.1. The highest BCUT2D eigenvalue weighted by Crippen LogP contribution is 2.28. The number of aromatic amines is 1. The van der Waals surface area contributed by atoms with Crippen LogP contribution >= 0.6 is 0 Å². The Morgan fingerprint density at radius 1 is 1.03 bits per heavy atom. The number of carbonyl (C=O) groups excluding carboxylic acids is 1. The first-order valence-corrected chi connectivity index (χ1v) is 10.6. The van der Waals surface area contributed by atoms with Gasteiger partial charge in [0.05, 0.1) is 6.04 Å². The smallest absolute Gasteiger partial charge is 0.241 e. The van der Waals surface area contributed by atoms with Crippen LogP contribution in [0.15, 0.2) is 54.6 Å². The van der Waals surface area contributed by atoms with Crippen LogP contribution in [0.3, 0.4) is 0 Å².